The molecule has 5 aromatic rings. The van der Waals surface area contributed by atoms with Crippen molar-refractivity contribution in [1.29, 1.82) is 0 Å². The van der Waals surface area contributed by atoms with E-state index in [0.717, 1.165) is 60.6 Å². The lowest BCUT2D eigenvalue weighted by atomic mass is 10.0. The van der Waals surface area contributed by atoms with E-state index in [1.807, 2.05) is 36.4 Å². The number of halogens is 1. The fourth-order valence-corrected chi connectivity index (χ4v) is 5.22. The van der Waals surface area contributed by atoms with Crippen LogP contribution in [0, 0.1) is 0 Å². The molecule has 1 aliphatic heterocycles. The van der Waals surface area contributed by atoms with Gasteiger partial charge >= 0.3 is 13.4 Å². The largest absolute Gasteiger partial charge is 0.832 e. The van der Waals surface area contributed by atoms with Crippen LogP contribution in [0.1, 0.15) is 49.9 Å². The number of carbonyl (C=O) groups excluding carboxylic acids is 1. The second-order valence-electron chi connectivity index (χ2n) is 9.92. The van der Waals surface area contributed by atoms with E-state index in [0.29, 0.717) is 22.2 Å². The summed E-state index contributed by atoms with van der Waals surface area (Å²) in [5.74, 6) is -0.861. The molecule has 1 aliphatic rings. The molecule has 1 aromatic heterocycles. The standard InChI is InChI=1S/C31H29BFN3O4/c1-3-5-17-36(18-6-4-2)20-15-16-24-26(19-20)38-29-27(24)21-11-7-8-12-22(21)28-30(29)39-32(33)40-31(37)23-13-9-10-14-25(23)34-35-28/h7-16,19H,3-6,17-18H2,1-2H3. The number of rotatable bonds is 7. The Balaban J connectivity index is 1.59. The summed E-state index contributed by atoms with van der Waals surface area (Å²) in [4.78, 5) is 15.0. The van der Waals surface area contributed by atoms with Crippen LogP contribution < -0.4 is 9.55 Å². The molecule has 9 heteroatoms. The number of azo groups is 1. The lowest BCUT2D eigenvalue weighted by molar-refractivity contribution is 0.0681. The first kappa shape index (κ1) is 25.9. The Morgan fingerprint density at radius 1 is 0.850 bits per heavy atom. The number of hydrogen-bond donors (Lipinski definition) is 0. The molecule has 0 amide bonds. The van der Waals surface area contributed by atoms with Gasteiger partial charge in [0.25, 0.3) is 0 Å². The van der Waals surface area contributed by atoms with Gasteiger partial charge in [0.15, 0.2) is 11.3 Å². The van der Waals surface area contributed by atoms with Gasteiger partial charge in [-0.05, 0) is 42.5 Å². The Bertz CT molecular complexity index is 1740. The third-order valence-electron chi connectivity index (χ3n) is 7.27. The molecule has 0 radical (unpaired) electrons. The molecule has 40 heavy (non-hydrogen) atoms. The Morgan fingerprint density at radius 3 is 2.35 bits per heavy atom. The van der Waals surface area contributed by atoms with Gasteiger partial charge in [0.2, 0.25) is 0 Å². The number of furan rings is 1. The third-order valence-corrected chi connectivity index (χ3v) is 7.27. The van der Waals surface area contributed by atoms with Crippen molar-refractivity contribution in [2.24, 2.45) is 10.2 Å². The molecular formula is C31H29BFN3O4. The molecule has 0 bridgehead atoms. The summed E-state index contributed by atoms with van der Waals surface area (Å²) in [6.07, 6.45) is 4.41. The van der Waals surface area contributed by atoms with Gasteiger partial charge in [-0.3, -0.25) is 0 Å². The van der Waals surface area contributed by atoms with Gasteiger partial charge in [0.05, 0.1) is 5.56 Å². The number of anilines is 1. The van der Waals surface area contributed by atoms with Gasteiger partial charge in [-0.1, -0.05) is 63.1 Å². The van der Waals surface area contributed by atoms with Crippen LogP contribution in [0.4, 0.5) is 21.4 Å². The predicted molar refractivity (Wildman–Crippen MR) is 157 cm³/mol. The highest BCUT2D eigenvalue weighted by Crippen LogP contribution is 2.49. The number of hydrogen-bond acceptors (Lipinski definition) is 7. The summed E-state index contributed by atoms with van der Waals surface area (Å²) in [6.45, 7) is 6.30. The normalized spacial score (nSPS) is 13.3. The van der Waals surface area contributed by atoms with Crippen molar-refractivity contribution >= 4 is 63.1 Å². The second-order valence-corrected chi connectivity index (χ2v) is 9.92. The molecule has 0 saturated heterocycles. The van der Waals surface area contributed by atoms with Crippen molar-refractivity contribution in [3.05, 3.63) is 72.3 Å². The zero-order valence-electron chi connectivity index (χ0n) is 22.5. The minimum atomic E-state index is -2.38. The molecule has 7 nitrogen and oxygen atoms in total. The summed E-state index contributed by atoms with van der Waals surface area (Å²) in [6, 6.07) is 20.4. The Labute approximate surface area is 231 Å². The molecule has 0 aliphatic carbocycles. The van der Waals surface area contributed by atoms with E-state index in [-0.39, 0.29) is 17.0 Å². The Morgan fingerprint density at radius 2 is 1.57 bits per heavy atom. The van der Waals surface area contributed by atoms with Crippen molar-refractivity contribution < 1.29 is 22.8 Å². The van der Waals surface area contributed by atoms with E-state index in [1.165, 1.54) is 6.07 Å². The fraction of sp³-hybridized carbons (Fsp3) is 0.258. The SMILES string of the molecule is CCCCN(CCCC)c1ccc2c(c1)oc1c3c(c4ccccc4c12)N=Nc1ccccc1C(=O)OB(F)O3. The molecule has 0 atom stereocenters. The number of carbonyl (C=O) groups is 1. The molecule has 4 aromatic carbocycles. The molecule has 2 heterocycles. The van der Waals surface area contributed by atoms with Crippen LogP contribution in [0.2, 0.25) is 0 Å². The number of nitrogens with zero attached hydrogens (tertiary/aromatic N) is 3. The summed E-state index contributed by atoms with van der Waals surface area (Å²) in [5, 5.41) is 12.1. The molecule has 202 valence electrons. The quantitative estimate of drug-likeness (QED) is 0.194. The monoisotopic (exact) mass is 537 g/mol. The van der Waals surface area contributed by atoms with Crippen LogP contribution in [-0.2, 0) is 4.65 Å². The highest BCUT2D eigenvalue weighted by Gasteiger charge is 2.34. The summed E-state index contributed by atoms with van der Waals surface area (Å²) < 4.78 is 32.2. The van der Waals surface area contributed by atoms with Crippen LogP contribution >= 0.6 is 0 Å². The van der Waals surface area contributed by atoms with Crippen LogP contribution in [0.5, 0.6) is 5.75 Å². The number of benzene rings is 4. The lowest BCUT2D eigenvalue weighted by Crippen LogP contribution is -2.25. The summed E-state index contributed by atoms with van der Waals surface area (Å²) >= 11 is 0. The summed E-state index contributed by atoms with van der Waals surface area (Å²) in [7, 11) is -2.38. The van der Waals surface area contributed by atoms with E-state index < -0.39 is 13.4 Å². The molecule has 0 fully saturated rings. The van der Waals surface area contributed by atoms with Gasteiger partial charge < -0.3 is 18.6 Å². The predicted octanol–water partition coefficient (Wildman–Crippen LogP) is 9.06. The summed E-state index contributed by atoms with van der Waals surface area (Å²) in [5.41, 5.74) is 2.71. The topological polar surface area (TPSA) is 76.6 Å². The zero-order chi connectivity index (χ0) is 27.6. The van der Waals surface area contributed by atoms with Gasteiger partial charge in [-0.15, -0.1) is 10.2 Å². The highest BCUT2D eigenvalue weighted by atomic mass is 19.1. The van der Waals surface area contributed by atoms with Crippen LogP contribution in [0.15, 0.2) is 81.4 Å². The highest BCUT2D eigenvalue weighted by molar-refractivity contribution is 6.41. The minimum absolute atomic E-state index is 0.0312. The van der Waals surface area contributed by atoms with Gasteiger partial charge in [-0.2, -0.15) is 0 Å². The van der Waals surface area contributed by atoms with Gasteiger partial charge in [0.1, 0.15) is 17.0 Å². The third kappa shape index (κ3) is 4.65. The average Bonchev–Trinajstić information content (AvgIpc) is 3.36. The number of fused-ring (bicyclic) bond motifs is 9. The molecule has 0 unspecified atom stereocenters. The van der Waals surface area contributed by atoms with Crippen LogP contribution in [-0.4, -0.2) is 26.5 Å². The first-order chi connectivity index (χ1) is 19.6. The molecule has 0 N–H and O–H groups in total. The lowest BCUT2D eigenvalue weighted by Gasteiger charge is -2.24. The van der Waals surface area contributed by atoms with Crippen LogP contribution in [0.25, 0.3) is 32.7 Å². The van der Waals surface area contributed by atoms with E-state index in [2.05, 4.69) is 35.0 Å². The van der Waals surface area contributed by atoms with E-state index in [1.54, 1.807) is 18.2 Å². The average molecular weight is 537 g/mol. The smallest absolute Gasteiger partial charge is 0.492 e. The first-order valence-electron chi connectivity index (χ1n) is 13.8. The van der Waals surface area contributed by atoms with Crippen LogP contribution in [0.3, 0.4) is 0 Å². The molecule has 0 spiro atoms. The maximum atomic E-state index is 15.2. The molecule has 6 rings (SSSR count). The molecular weight excluding hydrogens is 508 g/mol. The van der Waals surface area contributed by atoms with Crippen molar-refractivity contribution in [3.8, 4) is 5.75 Å². The zero-order valence-corrected chi connectivity index (χ0v) is 22.5. The van der Waals surface area contributed by atoms with Crippen molar-refractivity contribution in [1.82, 2.24) is 0 Å². The molecule has 0 saturated carbocycles. The van der Waals surface area contributed by atoms with Gasteiger partial charge in [0, 0.05) is 41.0 Å². The first-order valence-corrected chi connectivity index (χ1v) is 13.8. The second kappa shape index (κ2) is 11.0. The van der Waals surface area contributed by atoms with Gasteiger partial charge in [-0.25, -0.2) is 9.11 Å². The van der Waals surface area contributed by atoms with Crippen molar-refractivity contribution in [2.45, 2.75) is 39.5 Å². The number of unbranched alkanes of at least 4 members (excludes halogenated alkanes) is 2. The van der Waals surface area contributed by atoms with Crippen molar-refractivity contribution in [3.63, 3.8) is 0 Å². The Hall–Kier alpha value is -4.40. The Kier molecular flexibility index (Phi) is 7.11. The van der Waals surface area contributed by atoms with E-state index in [4.69, 9.17) is 13.7 Å². The minimum Gasteiger partial charge on any atom is -0.492 e. The van der Waals surface area contributed by atoms with E-state index in [9.17, 15) is 4.79 Å². The van der Waals surface area contributed by atoms with Crippen molar-refractivity contribution in [2.75, 3.05) is 18.0 Å². The maximum Gasteiger partial charge on any atom is 0.832 e. The van der Waals surface area contributed by atoms with E-state index >= 15 is 4.32 Å². The fourth-order valence-electron chi connectivity index (χ4n) is 5.22. The maximum absolute atomic E-state index is 15.2.